The Morgan fingerprint density at radius 1 is 1.05 bits per heavy atom. The topological polar surface area (TPSA) is 120 Å². The minimum absolute atomic E-state index is 0.00316. The molecule has 3 fully saturated rings. The number of likely N-dealkylation sites (tertiary alicyclic amines) is 1. The number of imide groups is 1. The Morgan fingerprint density at radius 2 is 1.76 bits per heavy atom. The zero-order chi connectivity index (χ0) is 26.3. The van der Waals surface area contributed by atoms with Gasteiger partial charge in [-0.3, -0.25) is 24.1 Å². The Bertz CT molecular complexity index is 1550. The lowest BCUT2D eigenvalue weighted by Crippen LogP contribution is -2.42. The highest BCUT2D eigenvalue weighted by atomic mass is 32.2. The van der Waals surface area contributed by atoms with Gasteiger partial charge in [-0.2, -0.15) is 0 Å². The third-order valence-corrected chi connectivity index (χ3v) is 11.3. The number of anilines is 1. The van der Waals surface area contributed by atoms with Crippen LogP contribution in [0.5, 0.6) is 5.75 Å². The summed E-state index contributed by atoms with van der Waals surface area (Å²) in [6, 6.07) is 14.5. The summed E-state index contributed by atoms with van der Waals surface area (Å²) in [5.41, 5.74) is 2.43. The predicted molar refractivity (Wildman–Crippen MR) is 143 cm³/mol. The van der Waals surface area contributed by atoms with Crippen molar-refractivity contribution in [1.29, 1.82) is 0 Å². The fourth-order valence-corrected chi connectivity index (χ4v) is 10.2. The van der Waals surface area contributed by atoms with E-state index in [2.05, 4.69) is 10.3 Å². The number of phenols is 1. The number of nitrogens with zero attached hydrogens (tertiary/aromatic N) is 1. The van der Waals surface area contributed by atoms with E-state index in [1.54, 1.807) is 36.0 Å². The zero-order valence-corrected chi connectivity index (χ0v) is 22.1. The van der Waals surface area contributed by atoms with Gasteiger partial charge >= 0.3 is 4.87 Å². The first-order valence-electron chi connectivity index (χ1n) is 12.7. The molecule has 0 radical (unpaired) electrons. The van der Waals surface area contributed by atoms with Crippen molar-refractivity contribution in [3.05, 3.63) is 74.2 Å². The van der Waals surface area contributed by atoms with Gasteiger partial charge in [-0.15, -0.1) is 11.8 Å². The van der Waals surface area contributed by atoms with E-state index in [1.807, 2.05) is 31.2 Å². The number of aromatic hydroxyl groups is 1. The molecule has 2 aromatic carbocycles. The number of fused-ring (bicyclic) bond motifs is 9. The third-order valence-electron chi connectivity index (χ3n) is 8.72. The van der Waals surface area contributed by atoms with Crippen LogP contribution < -0.4 is 10.2 Å². The quantitative estimate of drug-likeness (QED) is 0.430. The maximum Gasteiger partial charge on any atom is 0.305 e. The molecule has 2 aliphatic carbocycles. The van der Waals surface area contributed by atoms with Gasteiger partial charge in [-0.1, -0.05) is 47.2 Å². The fraction of sp³-hybridized carbons (Fsp3) is 0.357. The number of amides is 3. The van der Waals surface area contributed by atoms with Crippen molar-refractivity contribution in [1.82, 2.24) is 9.88 Å². The molecular weight excluding hydrogens is 522 g/mol. The maximum atomic E-state index is 13.7. The molecule has 2 bridgehead atoms. The third kappa shape index (κ3) is 3.42. The number of rotatable bonds is 4. The normalized spacial score (nSPS) is 30.8. The first-order chi connectivity index (χ1) is 18.3. The SMILES string of the molecule is Cc1ccc(NC(=O)CN2C(=O)C3C4CC(C3C2=O)C2C(c3ccccc3O)c3sc(=O)[nH]c3SC42)cc1. The lowest BCUT2D eigenvalue weighted by atomic mass is 9.68. The Labute approximate surface area is 226 Å². The number of carbonyl (C=O) groups excluding carboxylic acids is 3. The molecule has 2 aliphatic heterocycles. The van der Waals surface area contributed by atoms with E-state index in [-0.39, 0.29) is 57.9 Å². The van der Waals surface area contributed by atoms with E-state index in [1.165, 1.54) is 0 Å². The number of hydrogen-bond acceptors (Lipinski definition) is 7. The minimum atomic E-state index is -0.480. The highest BCUT2D eigenvalue weighted by molar-refractivity contribution is 8.00. The summed E-state index contributed by atoms with van der Waals surface area (Å²) in [4.78, 5) is 57.2. The number of thiazole rings is 1. The van der Waals surface area contributed by atoms with Gasteiger partial charge in [0.05, 0.1) is 16.9 Å². The predicted octanol–water partition coefficient (Wildman–Crippen LogP) is 3.56. The van der Waals surface area contributed by atoms with Crippen LogP contribution in [-0.2, 0) is 14.4 Å². The molecule has 10 heteroatoms. The molecule has 1 saturated heterocycles. The van der Waals surface area contributed by atoms with Crippen molar-refractivity contribution in [2.75, 3.05) is 11.9 Å². The summed E-state index contributed by atoms with van der Waals surface area (Å²) in [5.74, 6) is -2.06. The number of hydrogen-bond donors (Lipinski definition) is 3. The van der Waals surface area contributed by atoms with Gasteiger partial charge in [-0.25, -0.2) is 0 Å². The number of aromatic nitrogens is 1. The number of thioether (sulfide) groups is 1. The smallest absolute Gasteiger partial charge is 0.305 e. The van der Waals surface area contributed by atoms with E-state index in [4.69, 9.17) is 0 Å². The molecule has 7 atom stereocenters. The van der Waals surface area contributed by atoms with Gasteiger partial charge < -0.3 is 15.4 Å². The number of H-pyrrole nitrogens is 1. The van der Waals surface area contributed by atoms with Crippen LogP contribution in [0.1, 0.15) is 28.3 Å². The largest absolute Gasteiger partial charge is 0.508 e. The lowest BCUT2D eigenvalue weighted by molar-refractivity contribution is -0.143. The van der Waals surface area contributed by atoms with Gasteiger partial charge in [0.2, 0.25) is 17.7 Å². The van der Waals surface area contributed by atoms with Crippen LogP contribution in [0.4, 0.5) is 5.69 Å². The summed E-state index contributed by atoms with van der Waals surface area (Å²) >= 11 is 2.76. The van der Waals surface area contributed by atoms with E-state index in [0.29, 0.717) is 5.69 Å². The second-order valence-electron chi connectivity index (χ2n) is 10.7. The average Bonchev–Trinajstić information content (AvgIpc) is 3.62. The Kier molecular flexibility index (Phi) is 5.35. The zero-order valence-electron chi connectivity index (χ0n) is 20.4. The molecule has 4 aliphatic rings. The minimum Gasteiger partial charge on any atom is -0.508 e. The molecule has 0 spiro atoms. The summed E-state index contributed by atoms with van der Waals surface area (Å²) in [7, 11) is 0. The van der Waals surface area contributed by atoms with Gasteiger partial charge in [0.25, 0.3) is 0 Å². The first-order valence-corrected chi connectivity index (χ1v) is 14.4. The average molecular weight is 548 g/mol. The van der Waals surface area contributed by atoms with Crippen LogP contribution in [0.2, 0.25) is 0 Å². The van der Waals surface area contributed by atoms with E-state index < -0.39 is 17.7 Å². The molecule has 38 heavy (non-hydrogen) atoms. The molecule has 3 heterocycles. The number of carbonyl (C=O) groups is 3. The van der Waals surface area contributed by atoms with Gasteiger partial charge in [0, 0.05) is 27.3 Å². The molecule has 2 saturated carbocycles. The number of aromatic amines is 1. The number of benzene rings is 2. The van der Waals surface area contributed by atoms with Gasteiger partial charge in [-0.05, 0) is 49.3 Å². The second kappa shape index (κ2) is 8.57. The molecule has 7 rings (SSSR count). The summed E-state index contributed by atoms with van der Waals surface area (Å²) in [6.07, 6.45) is 0.752. The monoisotopic (exact) mass is 547 g/mol. The summed E-state index contributed by atoms with van der Waals surface area (Å²) < 4.78 is 0. The van der Waals surface area contributed by atoms with Crippen LogP contribution in [0.15, 0.2) is 58.4 Å². The van der Waals surface area contributed by atoms with E-state index >= 15 is 0 Å². The highest BCUT2D eigenvalue weighted by Crippen LogP contribution is 2.68. The Balaban J connectivity index is 1.20. The summed E-state index contributed by atoms with van der Waals surface area (Å²) in [5, 5.41) is 14.4. The number of nitrogens with one attached hydrogen (secondary N) is 2. The van der Waals surface area contributed by atoms with Crippen molar-refractivity contribution in [3.63, 3.8) is 0 Å². The number of para-hydroxylation sites is 1. The van der Waals surface area contributed by atoms with Crippen molar-refractivity contribution in [3.8, 4) is 5.75 Å². The number of phenolic OH excluding ortho intramolecular Hbond substituents is 1. The van der Waals surface area contributed by atoms with Gasteiger partial charge in [0.1, 0.15) is 12.3 Å². The maximum absolute atomic E-state index is 13.7. The van der Waals surface area contributed by atoms with E-state index in [9.17, 15) is 24.3 Å². The molecule has 3 N–H and O–H groups in total. The molecule has 7 unspecified atom stereocenters. The molecular formula is C28H25N3O5S2. The second-order valence-corrected chi connectivity index (χ2v) is 12.9. The Morgan fingerprint density at radius 3 is 2.50 bits per heavy atom. The van der Waals surface area contributed by atoms with E-state index in [0.717, 1.165) is 43.7 Å². The molecule has 1 aromatic heterocycles. The standard InChI is InChI=1S/C28H25N3O5S2/c1-12-6-8-13(9-7-12)29-18(33)11-31-26(34)21-15-10-16(22(21)27(31)35)23-20(15)19(14-4-2-3-5-17(14)32)24-25(37-23)30-28(36)38-24/h2-9,15-16,19-23,32H,10-11H2,1H3,(H,29,33)(H,30,36). The summed E-state index contributed by atoms with van der Waals surface area (Å²) in [6.45, 7) is 1.65. The van der Waals surface area contributed by atoms with Crippen LogP contribution in [0, 0.1) is 36.5 Å². The molecule has 3 amide bonds. The molecule has 194 valence electrons. The lowest BCUT2D eigenvalue weighted by Gasteiger charge is -2.43. The molecule has 3 aromatic rings. The van der Waals surface area contributed by atoms with Gasteiger partial charge in [0.15, 0.2) is 0 Å². The van der Waals surface area contributed by atoms with Crippen LogP contribution in [0.3, 0.4) is 0 Å². The van der Waals surface area contributed by atoms with Crippen molar-refractivity contribution in [2.45, 2.75) is 29.5 Å². The van der Waals surface area contributed by atoms with Crippen LogP contribution >= 0.6 is 23.1 Å². The van der Waals surface area contributed by atoms with Crippen molar-refractivity contribution >= 4 is 46.5 Å². The highest BCUT2D eigenvalue weighted by Gasteiger charge is 2.69. The number of aryl methyl sites for hydroxylation is 1. The Hall–Kier alpha value is -3.37. The fourth-order valence-electron chi connectivity index (χ4n) is 7.31. The first kappa shape index (κ1) is 23.7. The van der Waals surface area contributed by atoms with Crippen LogP contribution in [-0.4, -0.2) is 44.5 Å². The van der Waals surface area contributed by atoms with Crippen molar-refractivity contribution < 1.29 is 19.5 Å². The molecule has 8 nitrogen and oxygen atoms in total. The van der Waals surface area contributed by atoms with Crippen molar-refractivity contribution in [2.24, 2.45) is 29.6 Å². The van der Waals surface area contributed by atoms with Crippen LogP contribution in [0.25, 0.3) is 0 Å².